The monoisotopic (exact) mass is 1240 g/mol. The lowest BCUT2D eigenvalue weighted by atomic mass is 10.1. The molecule has 0 amide bonds. The number of hydrogen-bond donors (Lipinski definition) is 10. The van der Waals surface area contributed by atoms with E-state index in [1.807, 2.05) is 6.07 Å². The van der Waals surface area contributed by atoms with E-state index in [2.05, 4.69) is 23.7 Å². The second-order valence-corrected chi connectivity index (χ2v) is 24.3. The maximum atomic E-state index is 12.3. The van der Waals surface area contributed by atoms with Gasteiger partial charge in [-0.3, -0.25) is 10.8 Å². The highest BCUT2D eigenvalue weighted by Gasteiger charge is 2.39. The Labute approximate surface area is 472 Å². The first-order valence-corrected chi connectivity index (χ1v) is 30.6. The van der Waals surface area contributed by atoms with Gasteiger partial charge in [0.25, 0.3) is 0 Å². The molecular weight excluding hydrogens is 1170 g/mol. The number of aliphatic carboxylic acids is 2. The number of benzene rings is 4. The Kier molecular flexibility index (Phi) is 31.8. The molecule has 82 heavy (non-hydrogen) atoms. The van der Waals surface area contributed by atoms with Crippen LogP contribution in [0.1, 0.15) is 107 Å². The van der Waals surface area contributed by atoms with Crippen LogP contribution in [0.3, 0.4) is 0 Å². The maximum Gasteiger partial charge on any atom is 0.490 e. The number of nitrogen functional groups attached to an aromatic ring is 2. The normalized spacial score (nSPS) is 11.7. The lowest BCUT2D eigenvalue weighted by Gasteiger charge is -2.08. The molecule has 0 radical (unpaired) electrons. The lowest BCUT2D eigenvalue weighted by molar-refractivity contribution is -0.193. The third-order valence-corrected chi connectivity index (χ3v) is 16.8. The van der Waals surface area contributed by atoms with Crippen molar-refractivity contribution < 1.29 is 79.8 Å². The van der Waals surface area contributed by atoms with E-state index in [0.29, 0.717) is 48.6 Å². The van der Waals surface area contributed by atoms with Crippen LogP contribution in [0.2, 0.25) is 0 Å². The molecule has 0 saturated carbocycles. The van der Waals surface area contributed by atoms with Gasteiger partial charge in [-0.2, -0.15) is 31.6 Å². The van der Waals surface area contributed by atoms with Crippen LogP contribution in [0.5, 0.6) is 0 Å². The number of sulfonamides is 4. The molecule has 32 heteroatoms. The minimum Gasteiger partial charge on any atom is -0.475 e. The molecule has 22 nitrogen and oxygen atoms in total. The highest BCUT2D eigenvalue weighted by Crippen LogP contribution is 2.18. The molecule has 0 spiro atoms. The van der Waals surface area contributed by atoms with E-state index in [1.165, 1.54) is 97.1 Å². The predicted octanol–water partition coefficient (Wildman–Crippen LogP) is 7.61. The number of hydrogen-bond acceptors (Lipinski definition) is 13. The van der Waals surface area contributed by atoms with Crippen molar-refractivity contribution in [3.63, 3.8) is 0 Å². The number of unbranched alkanes of at least 4 members (excludes halogenated alkanes) is 12. The number of nitrogens with one attached hydrogen (secondary N) is 6. The first-order valence-electron chi connectivity index (χ1n) is 24.7. The molecule has 0 atom stereocenters. The molecule has 0 aliphatic rings. The zero-order valence-corrected chi connectivity index (χ0v) is 47.2. The molecule has 0 heterocycles. The fourth-order valence-electron chi connectivity index (χ4n) is 6.46. The summed E-state index contributed by atoms with van der Waals surface area (Å²) in [7, 11) is -14.3. The number of nitrogens with two attached hydrogens (primary N) is 2. The first-order chi connectivity index (χ1) is 38.2. The molecule has 4 aromatic rings. The largest absolute Gasteiger partial charge is 0.490 e. The van der Waals surface area contributed by atoms with Crippen LogP contribution < -0.4 is 30.4 Å². The molecule has 0 bridgehead atoms. The van der Waals surface area contributed by atoms with Gasteiger partial charge in [-0.15, -0.1) is 0 Å². The fourth-order valence-corrected chi connectivity index (χ4v) is 10.8. The third-order valence-electron chi connectivity index (χ3n) is 10.9. The van der Waals surface area contributed by atoms with Gasteiger partial charge in [-0.1, -0.05) is 88.5 Å². The molecule has 0 unspecified atom stereocenters. The molecule has 12 N–H and O–H groups in total. The Balaban J connectivity index is 0.000000664. The summed E-state index contributed by atoms with van der Waals surface area (Å²) < 4.78 is 172. The van der Waals surface area contributed by atoms with E-state index < -0.39 is 64.4 Å². The van der Waals surface area contributed by atoms with Crippen LogP contribution in [0.15, 0.2) is 117 Å². The number of carbonyl (C=O) groups is 2. The standard InChI is InChI=1S/C23H34N6O4S2.C23H28N4O4S2.2C2HF3O2/c24-22(25)18-8-12-20(13-9-18)34(30,31)28-16-6-4-2-1-3-5-7-17-29-35(32,33)21-14-10-19(11-15-21)23(26)27;1-25-21-11-15-23(16-12-21)33(30,31)27-18-8-6-4-2-3-5-7-17-26-32(28,29)22-13-9-20(19-24)10-14-22;2*3-2(4,5)1(6)7/h8-15,28-29H,1-7,16-17H2,(H3,24,25)(H3,26,27);9-16,26-27H,2-8,17-18H2;2*(H,6,7). The Morgan fingerprint density at radius 1 is 0.463 bits per heavy atom. The van der Waals surface area contributed by atoms with Gasteiger partial charge in [0.2, 0.25) is 40.1 Å². The Hall–Kier alpha value is -7.04. The number of nitrogens with zero attached hydrogens (tertiary/aromatic N) is 2. The van der Waals surface area contributed by atoms with Crippen molar-refractivity contribution in [1.82, 2.24) is 18.9 Å². The van der Waals surface area contributed by atoms with Crippen LogP contribution in [0.4, 0.5) is 32.0 Å². The summed E-state index contributed by atoms with van der Waals surface area (Å²) in [5, 5.41) is 37.7. The van der Waals surface area contributed by atoms with Crippen LogP contribution in [0, 0.1) is 28.7 Å². The number of halogens is 6. The summed E-state index contributed by atoms with van der Waals surface area (Å²) in [6, 6.07) is 25.4. The Bertz CT molecular complexity index is 3000. The Morgan fingerprint density at radius 2 is 0.671 bits per heavy atom. The first kappa shape index (κ1) is 73.0. The molecular formula is C50H64F6N10O12S4. The van der Waals surface area contributed by atoms with Crippen molar-refractivity contribution in [3.8, 4) is 6.07 Å². The van der Waals surface area contributed by atoms with Crippen molar-refractivity contribution in [2.45, 2.75) is 122 Å². The van der Waals surface area contributed by atoms with Crippen LogP contribution in [-0.4, -0.2) is 106 Å². The smallest absolute Gasteiger partial charge is 0.475 e. The molecule has 0 aromatic heterocycles. The number of carboxylic acid groups (broad SMARTS) is 2. The number of amidine groups is 2. The van der Waals surface area contributed by atoms with Gasteiger partial charge in [0.05, 0.1) is 37.8 Å². The van der Waals surface area contributed by atoms with Gasteiger partial charge in [-0.25, -0.2) is 67.0 Å². The molecule has 0 aliphatic heterocycles. The van der Waals surface area contributed by atoms with Crippen molar-refractivity contribution in [3.05, 3.63) is 125 Å². The van der Waals surface area contributed by atoms with Crippen LogP contribution >= 0.6 is 0 Å². The zero-order chi connectivity index (χ0) is 62.2. The van der Waals surface area contributed by atoms with Gasteiger partial charge in [0, 0.05) is 37.3 Å². The molecule has 4 aromatic carbocycles. The van der Waals surface area contributed by atoms with E-state index in [1.54, 1.807) is 0 Å². The summed E-state index contributed by atoms with van der Waals surface area (Å²) in [6.45, 7) is 8.34. The summed E-state index contributed by atoms with van der Waals surface area (Å²) >= 11 is 0. The van der Waals surface area contributed by atoms with Crippen molar-refractivity contribution in [2.24, 2.45) is 11.5 Å². The van der Waals surface area contributed by atoms with Gasteiger partial charge in [-0.05, 0) is 98.5 Å². The van der Waals surface area contributed by atoms with Crippen molar-refractivity contribution in [1.29, 1.82) is 16.1 Å². The number of carboxylic acids is 2. The molecule has 0 saturated heterocycles. The SMILES string of the molecule is N=C(N)c1ccc(S(=O)(=O)NCCCCCCCCCNS(=O)(=O)c2ccc(C(=N)N)cc2)cc1.O=C(O)C(F)(F)F.O=C(O)C(F)(F)F.[C-]#[N+]c1ccc(S(=O)(=O)NCCCCCCCCCNS(=O)(=O)c2ccc(C#N)cc2)cc1. The van der Waals surface area contributed by atoms with Crippen molar-refractivity contribution >= 4 is 69.4 Å². The van der Waals surface area contributed by atoms with Gasteiger partial charge in [0.1, 0.15) is 11.7 Å². The highest BCUT2D eigenvalue weighted by atomic mass is 32.2. The number of nitriles is 1. The summed E-state index contributed by atoms with van der Waals surface area (Å²) in [4.78, 5) is 21.6. The minimum absolute atomic E-state index is 0.111. The zero-order valence-electron chi connectivity index (χ0n) is 43.9. The van der Waals surface area contributed by atoms with Gasteiger partial charge in [0.15, 0.2) is 5.69 Å². The number of rotatable bonds is 30. The van der Waals surface area contributed by atoms with E-state index >= 15 is 0 Å². The van der Waals surface area contributed by atoms with Crippen molar-refractivity contribution in [2.75, 3.05) is 26.2 Å². The van der Waals surface area contributed by atoms with Gasteiger partial charge >= 0.3 is 24.3 Å². The number of alkyl halides is 6. The third kappa shape index (κ3) is 29.6. The van der Waals surface area contributed by atoms with Crippen LogP contribution in [-0.2, 0) is 49.7 Å². The maximum absolute atomic E-state index is 12.3. The average molecular weight is 1240 g/mol. The lowest BCUT2D eigenvalue weighted by Crippen LogP contribution is -2.25. The molecule has 0 aliphatic carbocycles. The highest BCUT2D eigenvalue weighted by molar-refractivity contribution is 7.90. The topological polar surface area (TPSA) is 387 Å². The van der Waals surface area contributed by atoms with E-state index in [9.17, 15) is 60.0 Å². The summed E-state index contributed by atoms with van der Waals surface area (Å²) in [5.41, 5.74) is 12.5. The molecule has 0 fully saturated rings. The quantitative estimate of drug-likeness (QED) is 0.00789. The second kappa shape index (κ2) is 35.7. The van der Waals surface area contributed by atoms with Crippen LogP contribution in [0.25, 0.3) is 4.85 Å². The van der Waals surface area contributed by atoms with E-state index in [4.69, 9.17) is 53.9 Å². The summed E-state index contributed by atoms with van der Waals surface area (Å²) in [5.74, 6) is -5.74. The minimum atomic E-state index is -5.08. The fraction of sp³-hybridized carbons (Fsp3) is 0.400. The molecule has 4 rings (SSSR count). The van der Waals surface area contributed by atoms with E-state index in [0.717, 1.165) is 89.9 Å². The summed E-state index contributed by atoms with van der Waals surface area (Å²) in [6.07, 6.45) is 2.30. The van der Waals surface area contributed by atoms with Gasteiger partial charge < -0.3 is 21.7 Å². The predicted molar refractivity (Wildman–Crippen MR) is 292 cm³/mol. The Morgan fingerprint density at radius 3 is 0.866 bits per heavy atom. The average Bonchev–Trinajstić information content (AvgIpc) is 3.41. The second-order valence-electron chi connectivity index (χ2n) is 17.3. The van der Waals surface area contributed by atoms with E-state index in [-0.39, 0.29) is 31.3 Å². The molecule has 452 valence electrons.